The smallest absolute Gasteiger partial charge is 0.312 e. The van der Waals surface area contributed by atoms with E-state index in [1.165, 1.54) is 4.90 Å². The van der Waals surface area contributed by atoms with Crippen molar-refractivity contribution in [2.75, 3.05) is 26.3 Å². The van der Waals surface area contributed by atoms with E-state index in [2.05, 4.69) is 29.1 Å². The zero-order valence-corrected chi connectivity index (χ0v) is 21.9. The van der Waals surface area contributed by atoms with E-state index < -0.39 is 35.6 Å². The molecule has 1 spiro atoms. The summed E-state index contributed by atoms with van der Waals surface area (Å²) >= 11 is 3.66. The Morgan fingerprint density at radius 3 is 2.66 bits per heavy atom. The van der Waals surface area contributed by atoms with Crippen molar-refractivity contribution in [2.45, 2.75) is 80.0 Å². The predicted octanol–water partition coefficient (Wildman–Crippen LogP) is 2.58. The standard InChI is InChI=1S/C26H37BrN2O6/c1-3-5-9-15-34-25(33)19-20-23(31)29(13-14-30)22(26(20)16-18(27)21(19)35-26)24(32)28(12-4-2)17-10-7-6-8-11-17/h3-4,17-22,30H,1-2,5-16H2/t18?,19-,20-,21-,22?,26?/m0/s1. The molecular weight excluding hydrogens is 516 g/mol. The summed E-state index contributed by atoms with van der Waals surface area (Å²) in [5.74, 6) is -2.54. The summed E-state index contributed by atoms with van der Waals surface area (Å²) in [6.45, 7) is 7.90. The van der Waals surface area contributed by atoms with Gasteiger partial charge in [-0.3, -0.25) is 14.4 Å². The van der Waals surface area contributed by atoms with E-state index in [-0.39, 0.29) is 42.4 Å². The minimum absolute atomic E-state index is 0.0160. The number of aliphatic hydroxyl groups is 1. The first-order valence-corrected chi connectivity index (χ1v) is 13.7. The lowest BCUT2D eigenvalue weighted by Crippen LogP contribution is -2.59. The Morgan fingerprint density at radius 1 is 1.26 bits per heavy atom. The second kappa shape index (κ2) is 11.1. The highest BCUT2D eigenvalue weighted by atomic mass is 79.9. The van der Waals surface area contributed by atoms with E-state index in [1.54, 1.807) is 12.2 Å². The fourth-order valence-electron chi connectivity index (χ4n) is 6.63. The number of fused-ring (bicyclic) bond motifs is 1. The SMILES string of the molecule is C=CCCCOC(=O)[C@H]1[C@H]2C(=O)N(CCO)C(C(=O)N(CC=C)C3CCCCC3)C23CC(Br)[C@@H]1O3. The average Bonchev–Trinajstić information content (AvgIpc) is 3.44. The van der Waals surface area contributed by atoms with Gasteiger partial charge in [0.2, 0.25) is 11.8 Å². The molecule has 2 bridgehead atoms. The maximum Gasteiger partial charge on any atom is 0.312 e. The molecule has 1 N–H and O–H groups in total. The van der Waals surface area contributed by atoms with Crippen molar-refractivity contribution >= 4 is 33.7 Å². The monoisotopic (exact) mass is 552 g/mol. The summed E-state index contributed by atoms with van der Waals surface area (Å²) < 4.78 is 12.0. The van der Waals surface area contributed by atoms with Crippen LogP contribution in [0.15, 0.2) is 25.3 Å². The lowest BCUT2D eigenvalue weighted by atomic mass is 9.70. The van der Waals surface area contributed by atoms with Gasteiger partial charge in [-0.15, -0.1) is 13.2 Å². The molecule has 1 aliphatic carbocycles. The van der Waals surface area contributed by atoms with Gasteiger partial charge in [0.1, 0.15) is 11.6 Å². The lowest BCUT2D eigenvalue weighted by Gasteiger charge is -2.40. The molecule has 0 aromatic heterocycles. The van der Waals surface area contributed by atoms with Crippen molar-refractivity contribution in [1.82, 2.24) is 9.80 Å². The Hall–Kier alpha value is -1.71. The molecule has 4 aliphatic rings. The van der Waals surface area contributed by atoms with Crippen molar-refractivity contribution in [1.29, 1.82) is 0 Å². The number of alkyl halides is 1. The number of likely N-dealkylation sites (tertiary alicyclic amines) is 1. The molecule has 3 aliphatic heterocycles. The average molecular weight is 553 g/mol. The van der Waals surface area contributed by atoms with Gasteiger partial charge in [0.15, 0.2) is 0 Å². The molecule has 4 fully saturated rings. The maximum absolute atomic E-state index is 14.2. The van der Waals surface area contributed by atoms with Crippen molar-refractivity contribution in [3.63, 3.8) is 0 Å². The number of rotatable bonds is 11. The van der Waals surface area contributed by atoms with Crippen LogP contribution >= 0.6 is 15.9 Å². The predicted molar refractivity (Wildman–Crippen MR) is 134 cm³/mol. The van der Waals surface area contributed by atoms with Crippen LogP contribution in [0.25, 0.3) is 0 Å². The van der Waals surface area contributed by atoms with E-state index in [0.717, 1.165) is 38.5 Å². The number of hydrogen-bond acceptors (Lipinski definition) is 6. The Balaban J connectivity index is 1.65. The summed E-state index contributed by atoms with van der Waals surface area (Å²) in [7, 11) is 0. The number of hydrogen-bond donors (Lipinski definition) is 1. The van der Waals surface area contributed by atoms with Crippen LogP contribution < -0.4 is 0 Å². The number of halogens is 1. The highest BCUT2D eigenvalue weighted by Crippen LogP contribution is 2.60. The largest absolute Gasteiger partial charge is 0.465 e. The number of aliphatic hydroxyl groups excluding tert-OH is 1. The summed E-state index contributed by atoms with van der Waals surface area (Å²) in [5.41, 5.74) is -1.12. The summed E-state index contributed by atoms with van der Waals surface area (Å²) in [6, 6.07) is -0.808. The maximum atomic E-state index is 14.2. The normalized spacial score (nSPS) is 34.1. The van der Waals surface area contributed by atoms with Gasteiger partial charge in [0, 0.05) is 24.0 Å². The van der Waals surface area contributed by atoms with E-state index >= 15 is 0 Å². The number of β-amino-alcohol motifs (C(OH)–C–C–N with tert-alkyl or cyclic N) is 1. The van der Waals surface area contributed by atoms with Gasteiger partial charge in [0.05, 0.1) is 31.2 Å². The van der Waals surface area contributed by atoms with Crippen molar-refractivity contribution < 1.29 is 29.0 Å². The highest BCUT2D eigenvalue weighted by molar-refractivity contribution is 9.09. The van der Waals surface area contributed by atoms with Crippen LogP contribution in [0.5, 0.6) is 0 Å². The minimum atomic E-state index is -1.12. The Labute approximate surface area is 215 Å². The van der Waals surface area contributed by atoms with Crippen molar-refractivity contribution in [3.05, 3.63) is 25.3 Å². The van der Waals surface area contributed by atoms with Gasteiger partial charge in [-0.05, 0) is 32.1 Å². The number of esters is 1. The number of allylic oxidation sites excluding steroid dienone is 1. The van der Waals surface area contributed by atoms with E-state index in [1.807, 2.05) is 4.90 Å². The number of carbonyl (C=O) groups excluding carboxylic acids is 3. The fourth-order valence-corrected chi connectivity index (χ4v) is 7.57. The van der Waals surface area contributed by atoms with Crippen molar-refractivity contribution in [2.24, 2.45) is 11.8 Å². The zero-order chi connectivity index (χ0) is 25.2. The van der Waals surface area contributed by atoms with Gasteiger partial charge in [-0.25, -0.2) is 0 Å². The summed E-state index contributed by atoms with van der Waals surface area (Å²) in [5, 5.41) is 9.77. The number of amides is 2. The van der Waals surface area contributed by atoms with Crippen molar-refractivity contribution in [3.8, 4) is 0 Å². The molecule has 3 saturated heterocycles. The quantitative estimate of drug-likeness (QED) is 0.183. The second-order valence-electron chi connectivity index (χ2n) is 10.1. The second-order valence-corrected chi connectivity index (χ2v) is 11.3. The molecule has 4 rings (SSSR count). The lowest BCUT2D eigenvalue weighted by molar-refractivity contribution is -0.155. The summed E-state index contributed by atoms with van der Waals surface area (Å²) in [4.78, 5) is 44.2. The Morgan fingerprint density at radius 2 is 2.00 bits per heavy atom. The molecule has 0 aromatic carbocycles. The Kier molecular flexibility index (Phi) is 8.38. The molecule has 3 heterocycles. The topological polar surface area (TPSA) is 96.4 Å². The molecule has 35 heavy (non-hydrogen) atoms. The van der Waals surface area contributed by atoms with Crippen LogP contribution in [-0.2, 0) is 23.9 Å². The van der Waals surface area contributed by atoms with Gasteiger partial charge in [-0.1, -0.05) is 47.3 Å². The van der Waals surface area contributed by atoms with E-state index in [9.17, 15) is 19.5 Å². The molecule has 2 amide bonds. The molecule has 1 saturated carbocycles. The Bertz CT molecular complexity index is 846. The third kappa shape index (κ3) is 4.60. The molecule has 3 unspecified atom stereocenters. The molecule has 0 aromatic rings. The highest BCUT2D eigenvalue weighted by Gasteiger charge is 2.77. The number of nitrogens with zero attached hydrogens (tertiary/aromatic N) is 2. The van der Waals surface area contributed by atoms with Crippen LogP contribution in [0.1, 0.15) is 51.4 Å². The first kappa shape index (κ1) is 26.4. The molecular formula is C26H37BrN2O6. The molecule has 9 heteroatoms. The first-order chi connectivity index (χ1) is 16.9. The van der Waals surface area contributed by atoms with Gasteiger partial charge in [0.25, 0.3) is 0 Å². The van der Waals surface area contributed by atoms with Crippen LogP contribution in [0, 0.1) is 11.8 Å². The van der Waals surface area contributed by atoms with Crippen LogP contribution in [0.4, 0.5) is 0 Å². The molecule has 194 valence electrons. The molecule has 0 radical (unpaired) electrons. The van der Waals surface area contributed by atoms with E-state index in [0.29, 0.717) is 19.4 Å². The fraction of sp³-hybridized carbons (Fsp3) is 0.731. The molecule has 8 nitrogen and oxygen atoms in total. The molecule has 6 atom stereocenters. The third-order valence-electron chi connectivity index (χ3n) is 8.06. The van der Waals surface area contributed by atoms with Gasteiger partial charge >= 0.3 is 5.97 Å². The number of carbonyl (C=O) groups is 3. The van der Waals surface area contributed by atoms with Crippen LogP contribution in [0.3, 0.4) is 0 Å². The zero-order valence-electron chi connectivity index (χ0n) is 20.3. The number of ether oxygens (including phenoxy) is 2. The third-order valence-corrected chi connectivity index (χ3v) is 8.90. The number of unbranched alkanes of at least 4 members (excludes halogenated alkanes) is 1. The van der Waals surface area contributed by atoms with Crippen LogP contribution in [-0.4, -0.2) is 87.6 Å². The van der Waals surface area contributed by atoms with Gasteiger partial charge in [-0.2, -0.15) is 0 Å². The minimum Gasteiger partial charge on any atom is -0.465 e. The van der Waals surface area contributed by atoms with Crippen LogP contribution in [0.2, 0.25) is 0 Å². The van der Waals surface area contributed by atoms with Gasteiger partial charge < -0.3 is 24.4 Å². The summed E-state index contributed by atoms with van der Waals surface area (Å²) in [6.07, 6.45) is 9.89. The first-order valence-electron chi connectivity index (χ1n) is 12.8. The van der Waals surface area contributed by atoms with E-state index in [4.69, 9.17) is 9.47 Å².